The molecular weight excluding hydrogens is 427 g/mol. The predicted octanol–water partition coefficient (Wildman–Crippen LogP) is 4.89. The molecule has 0 fully saturated rings. The summed E-state index contributed by atoms with van der Waals surface area (Å²) >= 11 is -1.56. The van der Waals surface area contributed by atoms with Gasteiger partial charge in [-0.15, -0.1) is 0 Å². The van der Waals surface area contributed by atoms with Gasteiger partial charge >= 0.3 is 24.3 Å². The van der Waals surface area contributed by atoms with Crippen molar-refractivity contribution in [1.29, 1.82) is 0 Å². The molecule has 6 rings (SSSR count). The number of hydrogen-bond acceptors (Lipinski definition) is 5. The van der Waals surface area contributed by atoms with E-state index in [4.69, 9.17) is 7.71 Å². The fourth-order valence-electron chi connectivity index (χ4n) is 3.36. The first-order valence-corrected chi connectivity index (χ1v) is 10.6. The van der Waals surface area contributed by atoms with Gasteiger partial charge in [0.05, 0.1) is 22.1 Å². The Morgan fingerprint density at radius 2 is 0.710 bits per heavy atom. The maximum atomic E-state index is 8.58. The predicted molar refractivity (Wildman–Crippen MR) is 117 cm³/mol. The molecule has 0 spiro atoms. The van der Waals surface area contributed by atoms with E-state index in [0.717, 1.165) is 43.6 Å². The van der Waals surface area contributed by atoms with Gasteiger partial charge in [0, 0.05) is 46.3 Å². The van der Waals surface area contributed by atoms with Crippen molar-refractivity contribution in [3.63, 3.8) is 0 Å². The summed E-state index contributed by atoms with van der Waals surface area (Å²) in [6, 6.07) is 24.3. The van der Waals surface area contributed by atoms with E-state index >= 15 is 0 Å². The minimum Gasteiger partial charge on any atom is -0.254 e. The van der Waals surface area contributed by atoms with Crippen LogP contribution in [-0.2, 0) is 20.3 Å². The Morgan fingerprint density at radius 3 is 0.935 bits per heavy atom. The van der Waals surface area contributed by atoms with Gasteiger partial charge in [0.1, 0.15) is 0 Å². The van der Waals surface area contributed by atoms with Gasteiger partial charge in [-0.2, -0.15) is 0 Å². The molecule has 2 aromatic carbocycles. The first-order chi connectivity index (χ1) is 15.3. The summed E-state index contributed by atoms with van der Waals surface area (Å²) in [6.07, 6.45) is 7.21. The Morgan fingerprint density at radius 1 is 0.484 bits per heavy atom. The fraction of sp³-hybridized carbons (Fsp3) is 0. The maximum absolute atomic E-state index is 8.58. The average molecular weight is 444 g/mol. The average Bonchev–Trinajstić information content (AvgIpc) is 2.85. The molecule has 0 aliphatic rings. The molecule has 150 valence electrons. The van der Waals surface area contributed by atoms with E-state index in [1.54, 1.807) is 24.8 Å². The van der Waals surface area contributed by atoms with Gasteiger partial charge in [0.15, 0.2) is 0 Å². The first kappa shape index (κ1) is 20.7. The number of pyridine rings is 4. The molecule has 4 aromatic heterocycles. The molecule has 0 radical (unpaired) electrons. The van der Waals surface area contributed by atoms with Gasteiger partial charge < -0.3 is 0 Å². The smallest absolute Gasteiger partial charge is 0.0964 e. The van der Waals surface area contributed by atoms with Crippen LogP contribution < -0.4 is 0 Å². The van der Waals surface area contributed by atoms with Gasteiger partial charge in [-0.3, -0.25) is 19.9 Å². The standard InChI is InChI=1S/2C12H8N2.H2O.O.V/c2*1-3-9-5-6-10-4-2-8-14-12(10)11(9)13-7-1;;;/h2*1-8H;1H2;;/q;;;;+1/p-1. The molecule has 0 amide bonds. The van der Waals surface area contributed by atoms with E-state index < -0.39 is 16.6 Å². The number of aromatic nitrogens is 4. The summed E-state index contributed by atoms with van der Waals surface area (Å²) in [5.41, 5.74) is 3.91. The molecule has 1 N–H and O–H groups in total. The molecule has 0 aliphatic carbocycles. The van der Waals surface area contributed by atoms with Crippen molar-refractivity contribution in [1.82, 2.24) is 19.9 Å². The second-order valence-electron chi connectivity index (χ2n) is 6.51. The quantitative estimate of drug-likeness (QED) is 0.336. The summed E-state index contributed by atoms with van der Waals surface area (Å²) in [7, 11) is 0. The van der Waals surface area contributed by atoms with Crippen LogP contribution in [-0.4, -0.2) is 24.0 Å². The second-order valence-corrected chi connectivity index (χ2v) is 6.77. The Balaban J connectivity index is 0.000000133. The molecule has 0 saturated carbocycles. The topological polar surface area (TPSA) is 88.9 Å². The minimum absolute atomic E-state index is 0.977. The van der Waals surface area contributed by atoms with Crippen LogP contribution in [0.2, 0.25) is 0 Å². The molecular formula is C24H17N4O2V. The van der Waals surface area contributed by atoms with E-state index in [9.17, 15) is 0 Å². The van der Waals surface area contributed by atoms with Crippen LogP contribution in [0.15, 0.2) is 97.6 Å². The van der Waals surface area contributed by atoms with Crippen molar-refractivity contribution in [2.75, 3.05) is 0 Å². The molecule has 6 aromatic rings. The van der Waals surface area contributed by atoms with Crippen LogP contribution in [0.5, 0.6) is 0 Å². The number of nitrogens with zero attached hydrogens (tertiary/aromatic N) is 4. The van der Waals surface area contributed by atoms with Crippen molar-refractivity contribution < 1.29 is 24.3 Å². The molecule has 7 heteroatoms. The molecule has 0 saturated heterocycles. The van der Waals surface area contributed by atoms with Crippen LogP contribution in [0, 0.1) is 0 Å². The van der Waals surface area contributed by atoms with Gasteiger partial charge in [0.2, 0.25) is 0 Å². The summed E-state index contributed by atoms with van der Waals surface area (Å²) in [5.74, 6) is 0. The summed E-state index contributed by atoms with van der Waals surface area (Å²) in [5, 5.41) is 4.55. The Bertz CT molecular complexity index is 1270. The Kier molecular flexibility index (Phi) is 6.64. The van der Waals surface area contributed by atoms with Crippen LogP contribution >= 0.6 is 0 Å². The summed E-state index contributed by atoms with van der Waals surface area (Å²) < 4.78 is 15.7. The molecule has 0 aliphatic heterocycles. The van der Waals surface area contributed by atoms with E-state index in [2.05, 4.69) is 68.5 Å². The number of fused-ring (bicyclic) bond motifs is 6. The fourth-order valence-corrected chi connectivity index (χ4v) is 3.36. The third-order valence-electron chi connectivity index (χ3n) is 4.69. The third-order valence-corrected chi connectivity index (χ3v) is 4.69. The van der Waals surface area contributed by atoms with E-state index in [-0.39, 0.29) is 0 Å². The van der Waals surface area contributed by atoms with Crippen molar-refractivity contribution >= 4 is 43.6 Å². The van der Waals surface area contributed by atoms with Gasteiger partial charge in [-0.1, -0.05) is 48.5 Å². The maximum Gasteiger partial charge on any atom is 0.0964 e. The van der Waals surface area contributed by atoms with Crippen molar-refractivity contribution in [3.05, 3.63) is 97.6 Å². The SMILES string of the molecule is [O]=[V][OH].c1cnc2c(c1)ccc1cccnc12.c1cnc2c(c1)ccc1cccnc12. The molecule has 0 unspecified atom stereocenters. The Hall–Kier alpha value is -3.58. The van der Waals surface area contributed by atoms with E-state index in [1.165, 1.54) is 0 Å². The molecule has 31 heavy (non-hydrogen) atoms. The van der Waals surface area contributed by atoms with Gasteiger partial charge in [0.25, 0.3) is 0 Å². The third kappa shape index (κ3) is 4.62. The number of rotatable bonds is 0. The summed E-state index contributed by atoms with van der Waals surface area (Å²) in [6.45, 7) is 0. The monoisotopic (exact) mass is 444 g/mol. The first-order valence-electron chi connectivity index (χ1n) is 9.45. The van der Waals surface area contributed by atoms with Crippen LogP contribution in [0.1, 0.15) is 0 Å². The number of benzene rings is 2. The molecule has 4 heterocycles. The summed E-state index contributed by atoms with van der Waals surface area (Å²) in [4.78, 5) is 17.4. The van der Waals surface area contributed by atoms with Crippen molar-refractivity contribution in [2.45, 2.75) is 0 Å². The molecule has 0 bridgehead atoms. The minimum atomic E-state index is -1.56. The van der Waals surface area contributed by atoms with Crippen molar-refractivity contribution in [3.8, 4) is 0 Å². The van der Waals surface area contributed by atoms with Crippen LogP contribution in [0.3, 0.4) is 0 Å². The van der Waals surface area contributed by atoms with Gasteiger partial charge in [-0.05, 0) is 24.3 Å². The number of hydrogen-bond donors (Lipinski definition) is 1. The normalized spacial score (nSPS) is 10.2. The van der Waals surface area contributed by atoms with E-state index in [0.29, 0.717) is 0 Å². The van der Waals surface area contributed by atoms with Gasteiger partial charge in [-0.25, -0.2) is 0 Å². The van der Waals surface area contributed by atoms with Crippen LogP contribution in [0.25, 0.3) is 43.6 Å². The zero-order chi connectivity index (χ0) is 21.5. The second kappa shape index (κ2) is 9.95. The van der Waals surface area contributed by atoms with E-state index in [1.807, 2.05) is 24.3 Å². The molecule has 0 atom stereocenters. The molecule has 6 nitrogen and oxygen atoms in total. The van der Waals surface area contributed by atoms with Crippen molar-refractivity contribution in [2.24, 2.45) is 0 Å². The zero-order valence-corrected chi connectivity index (χ0v) is 17.7. The largest absolute Gasteiger partial charge is 0.254 e. The zero-order valence-electron chi connectivity index (χ0n) is 16.3. The van der Waals surface area contributed by atoms with Crippen LogP contribution in [0.4, 0.5) is 0 Å². The Labute approximate surface area is 185 Å².